The van der Waals surface area contributed by atoms with Gasteiger partial charge in [0.05, 0.1) is 49.9 Å². The van der Waals surface area contributed by atoms with Crippen molar-refractivity contribution in [3.63, 3.8) is 0 Å². The van der Waals surface area contributed by atoms with Crippen LogP contribution in [0.15, 0.2) is 18.2 Å². The number of carbonyl (C=O) groups is 3. The Bertz CT molecular complexity index is 938. The number of nitrogens with zero attached hydrogens (tertiary/aromatic N) is 1. The number of aromatic amines is 1. The molecule has 9 heteroatoms. The SMILES string of the molecule is CCOC(=O)C1CCCN(CC(=O)Nc2c(C(=O)OC)[nH]c3cccc(OC)c23)C1. The van der Waals surface area contributed by atoms with E-state index in [1.807, 2.05) is 4.90 Å². The van der Waals surface area contributed by atoms with Crippen LogP contribution in [-0.4, -0.2) is 68.2 Å². The van der Waals surface area contributed by atoms with E-state index in [0.29, 0.717) is 42.0 Å². The summed E-state index contributed by atoms with van der Waals surface area (Å²) in [6.45, 7) is 3.39. The predicted molar refractivity (Wildman–Crippen MR) is 111 cm³/mol. The van der Waals surface area contributed by atoms with Crippen LogP contribution < -0.4 is 10.1 Å². The molecular weight excluding hydrogens is 390 g/mol. The number of H-pyrrole nitrogens is 1. The molecule has 1 unspecified atom stereocenters. The lowest BCUT2D eigenvalue weighted by Crippen LogP contribution is -2.43. The second-order valence-electron chi connectivity index (χ2n) is 7.12. The van der Waals surface area contributed by atoms with E-state index >= 15 is 0 Å². The van der Waals surface area contributed by atoms with Gasteiger partial charge in [-0.1, -0.05) is 6.07 Å². The maximum absolute atomic E-state index is 12.8. The molecule has 1 aliphatic heterocycles. The third-order valence-electron chi connectivity index (χ3n) is 5.15. The van der Waals surface area contributed by atoms with Crippen molar-refractivity contribution >= 4 is 34.4 Å². The van der Waals surface area contributed by atoms with Gasteiger partial charge in [-0.3, -0.25) is 14.5 Å². The highest BCUT2D eigenvalue weighted by molar-refractivity contribution is 6.13. The summed E-state index contributed by atoms with van der Waals surface area (Å²) in [6, 6.07) is 5.32. The maximum Gasteiger partial charge on any atom is 0.356 e. The molecule has 0 radical (unpaired) electrons. The van der Waals surface area contributed by atoms with Crippen molar-refractivity contribution in [3.8, 4) is 5.75 Å². The van der Waals surface area contributed by atoms with Gasteiger partial charge in [0.2, 0.25) is 5.91 Å². The van der Waals surface area contributed by atoms with Crippen molar-refractivity contribution in [2.24, 2.45) is 5.92 Å². The molecule has 2 aromatic rings. The van der Waals surface area contributed by atoms with Gasteiger partial charge in [0.15, 0.2) is 0 Å². The normalized spacial score (nSPS) is 16.8. The van der Waals surface area contributed by atoms with Gasteiger partial charge in [-0.25, -0.2) is 4.79 Å². The van der Waals surface area contributed by atoms with E-state index in [-0.39, 0.29) is 30.0 Å². The topological polar surface area (TPSA) is 110 Å². The smallest absolute Gasteiger partial charge is 0.356 e. The van der Waals surface area contributed by atoms with E-state index in [2.05, 4.69) is 10.3 Å². The molecule has 0 aliphatic carbocycles. The van der Waals surface area contributed by atoms with Crippen LogP contribution in [-0.2, 0) is 19.1 Å². The number of anilines is 1. The molecule has 0 spiro atoms. The number of hydrogen-bond acceptors (Lipinski definition) is 7. The van der Waals surface area contributed by atoms with Crippen molar-refractivity contribution < 1.29 is 28.6 Å². The number of fused-ring (bicyclic) bond motifs is 1. The van der Waals surface area contributed by atoms with Crippen LogP contribution in [0.25, 0.3) is 10.9 Å². The Labute approximate surface area is 174 Å². The fourth-order valence-corrected chi connectivity index (χ4v) is 3.80. The average molecular weight is 417 g/mol. The van der Waals surface area contributed by atoms with Gasteiger partial charge in [0.1, 0.15) is 11.4 Å². The van der Waals surface area contributed by atoms with Crippen molar-refractivity contribution in [2.75, 3.05) is 45.8 Å². The van der Waals surface area contributed by atoms with E-state index in [1.54, 1.807) is 25.1 Å². The van der Waals surface area contributed by atoms with Crippen LogP contribution in [0.5, 0.6) is 5.75 Å². The number of amides is 1. The van der Waals surface area contributed by atoms with Gasteiger partial charge in [0, 0.05) is 6.54 Å². The van der Waals surface area contributed by atoms with Gasteiger partial charge >= 0.3 is 11.9 Å². The molecule has 1 amide bonds. The number of nitrogens with one attached hydrogen (secondary N) is 2. The van der Waals surface area contributed by atoms with Gasteiger partial charge in [-0.2, -0.15) is 0 Å². The maximum atomic E-state index is 12.8. The molecule has 1 saturated heterocycles. The number of esters is 2. The molecule has 0 saturated carbocycles. The standard InChI is InChI=1S/C21H27N3O6/c1-4-30-20(26)13-7-6-10-24(11-13)12-16(25)23-18-17-14(8-5-9-15(17)28-2)22-19(18)21(27)29-3/h5,8-9,13,22H,4,6-7,10-12H2,1-3H3,(H,23,25). The van der Waals surface area contributed by atoms with E-state index < -0.39 is 5.97 Å². The zero-order chi connectivity index (χ0) is 21.7. The highest BCUT2D eigenvalue weighted by Crippen LogP contribution is 2.35. The average Bonchev–Trinajstić information content (AvgIpc) is 3.12. The van der Waals surface area contributed by atoms with Crippen molar-refractivity contribution in [1.29, 1.82) is 0 Å². The van der Waals surface area contributed by atoms with E-state index in [1.165, 1.54) is 14.2 Å². The molecular formula is C21H27N3O6. The fourth-order valence-electron chi connectivity index (χ4n) is 3.80. The van der Waals surface area contributed by atoms with Crippen LogP contribution in [0.2, 0.25) is 0 Å². The molecule has 1 fully saturated rings. The molecule has 0 bridgehead atoms. The van der Waals surface area contributed by atoms with E-state index in [9.17, 15) is 14.4 Å². The Hall–Kier alpha value is -3.07. The molecule has 1 aromatic heterocycles. The summed E-state index contributed by atoms with van der Waals surface area (Å²) >= 11 is 0. The first-order chi connectivity index (χ1) is 14.5. The first-order valence-electron chi connectivity index (χ1n) is 9.94. The number of rotatable bonds is 7. The number of piperidine rings is 1. The van der Waals surface area contributed by atoms with Crippen LogP contribution >= 0.6 is 0 Å². The lowest BCUT2D eigenvalue weighted by molar-refractivity contribution is -0.150. The first kappa shape index (κ1) is 21.6. The minimum Gasteiger partial charge on any atom is -0.496 e. The summed E-state index contributed by atoms with van der Waals surface area (Å²) in [7, 11) is 2.80. The number of aromatic nitrogens is 1. The summed E-state index contributed by atoms with van der Waals surface area (Å²) in [6.07, 6.45) is 1.56. The van der Waals surface area contributed by atoms with Crippen molar-refractivity contribution in [3.05, 3.63) is 23.9 Å². The number of likely N-dealkylation sites (tertiary alicyclic amines) is 1. The zero-order valence-electron chi connectivity index (χ0n) is 17.4. The minimum absolute atomic E-state index is 0.0956. The van der Waals surface area contributed by atoms with Gasteiger partial charge < -0.3 is 24.5 Å². The van der Waals surface area contributed by atoms with E-state index in [4.69, 9.17) is 14.2 Å². The molecule has 1 aromatic carbocycles. The highest BCUT2D eigenvalue weighted by Gasteiger charge is 2.29. The number of carbonyl (C=O) groups excluding carboxylic acids is 3. The van der Waals surface area contributed by atoms with Gasteiger partial charge in [-0.05, 0) is 38.4 Å². The van der Waals surface area contributed by atoms with Crippen LogP contribution in [0.3, 0.4) is 0 Å². The summed E-state index contributed by atoms with van der Waals surface area (Å²) in [5.74, 6) is -0.822. The lowest BCUT2D eigenvalue weighted by Gasteiger charge is -2.30. The van der Waals surface area contributed by atoms with Gasteiger partial charge in [0.25, 0.3) is 0 Å². The highest BCUT2D eigenvalue weighted by atomic mass is 16.5. The van der Waals surface area contributed by atoms with Crippen LogP contribution in [0.1, 0.15) is 30.3 Å². The molecule has 2 N–H and O–H groups in total. The number of methoxy groups -OCH3 is 2. The zero-order valence-corrected chi connectivity index (χ0v) is 17.4. The Morgan fingerprint density at radius 2 is 2.07 bits per heavy atom. The van der Waals surface area contributed by atoms with Crippen molar-refractivity contribution in [1.82, 2.24) is 9.88 Å². The predicted octanol–water partition coefficient (Wildman–Crippen LogP) is 2.18. The summed E-state index contributed by atoms with van der Waals surface area (Å²) in [5, 5.41) is 3.43. The summed E-state index contributed by atoms with van der Waals surface area (Å²) in [4.78, 5) is 42.0. The molecule has 2 heterocycles. The Kier molecular flexibility index (Phi) is 6.94. The van der Waals surface area contributed by atoms with Crippen LogP contribution in [0, 0.1) is 5.92 Å². The second-order valence-corrected chi connectivity index (χ2v) is 7.12. The summed E-state index contributed by atoms with van der Waals surface area (Å²) in [5.41, 5.74) is 1.11. The molecule has 3 rings (SSSR count). The fraction of sp³-hybridized carbons (Fsp3) is 0.476. The van der Waals surface area contributed by atoms with Gasteiger partial charge in [-0.15, -0.1) is 0 Å². The molecule has 9 nitrogen and oxygen atoms in total. The Morgan fingerprint density at radius 1 is 1.27 bits per heavy atom. The largest absolute Gasteiger partial charge is 0.496 e. The molecule has 1 atom stereocenters. The minimum atomic E-state index is -0.594. The second kappa shape index (κ2) is 9.62. The quantitative estimate of drug-likeness (QED) is 0.665. The lowest BCUT2D eigenvalue weighted by atomic mass is 9.98. The monoisotopic (exact) mass is 417 g/mol. The third-order valence-corrected chi connectivity index (χ3v) is 5.15. The van der Waals surface area contributed by atoms with Crippen molar-refractivity contribution in [2.45, 2.75) is 19.8 Å². The Morgan fingerprint density at radius 3 is 2.77 bits per heavy atom. The number of hydrogen-bond donors (Lipinski definition) is 2. The molecule has 30 heavy (non-hydrogen) atoms. The number of ether oxygens (including phenoxy) is 3. The van der Waals surface area contributed by atoms with Crippen LogP contribution in [0.4, 0.5) is 5.69 Å². The number of benzene rings is 1. The first-order valence-corrected chi connectivity index (χ1v) is 9.94. The molecule has 1 aliphatic rings. The molecule has 162 valence electrons. The van der Waals surface area contributed by atoms with E-state index in [0.717, 1.165) is 12.8 Å². The Balaban J connectivity index is 1.79. The summed E-state index contributed by atoms with van der Waals surface area (Å²) < 4.78 is 15.4. The third kappa shape index (κ3) is 4.56.